The predicted octanol–water partition coefficient (Wildman–Crippen LogP) is 1.24. The van der Waals surface area contributed by atoms with Crippen LogP contribution >= 0.6 is 31.9 Å². The van der Waals surface area contributed by atoms with E-state index in [9.17, 15) is 4.79 Å². The van der Waals surface area contributed by atoms with Crippen LogP contribution in [0, 0.1) is 0 Å². The highest BCUT2D eigenvalue weighted by atomic mass is 79.9. The van der Waals surface area contributed by atoms with Crippen molar-refractivity contribution in [3.63, 3.8) is 0 Å². The Labute approximate surface area is 136 Å². The van der Waals surface area contributed by atoms with Crippen molar-refractivity contribution in [3.05, 3.63) is 0 Å². The third-order valence-corrected chi connectivity index (χ3v) is 4.20. The number of amides is 1. The van der Waals surface area contributed by atoms with Gasteiger partial charge in [0.05, 0.1) is 0 Å². The van der Waals surface area contributed by atoms with Crippen molar-refractivity contribution >= 4 is 47.2 Å². The Bertz CT molecular complexity index is 399. The Balaban J connectivity index is 2.39. The van der Waals surface area contributed by atoms with E-state index in [2.05, 4.69) is 42.4 Å². The molecular weight excluding hydrogens is 392 g/mol. The molecular formula is C12H21Br2N4O2+. The number of ether oxygens (including phenoxy) is 1. The zero-order valence-corrected chi connectivity index (χ0v) is 15.1. The average molecular weight is 413 g/mol. The van der Waals surface area contributed by atoms with Gasteiger partial charge in [-0.15, -0.1) is 0 Å². The fourth-order valence-electron chi connectivity index (χ4n) is 1.72. The first kappa shape index (κ1) is 17.4. The lowest BCUT2D eigenvalue weighted by Gasteiger charge is -2.33. The highest BCUT2D eigenvalue weighted by Crippen LogP contribution is 2.15. The van der Waals surface area contributed by atoms with Crippen LogP contribution in [0.1, 0.15) is 33.6 Å². The van der Waals surface area contributed by atoms with Crippen LogP contribution in [0.4, 0.5) is 4.79 Å². The van der Waals surface area contributed by atoms with E-state index in [1.54, 1.807) is 4.90 Å². The molecule has 0 aromatic rings. The second-order valence-corrected chi connectivity index (χ2v) is 7.23. The molecule has 0 aromatic heterocycles. The van der Waals surface area contributed by atoms with Gasteiger partial charge in [-0.2, -0.15) is 5.10 Å². The number of carbonyl (C=O) groups excluding carboxylic acids is 1. The van der Waals surface area contributed by atoms with Crippen molar-refractivity contribution in [2.24, 2.45) is 5.10 Å². The summed E-state index contributed by atoms with van der Waals surface area (Å²) in [5.74, 6) is 0. The van der Waals surface area contributed by atoms with Crippen LogP contribution in [-0.2, 0) is 4.74 Å². The van der Waals surface area contributed by atoms with Crippen LogP contribution < -0.4 is 10.8 Å². The Hall–Kier alpha value is -0.630. The molecule has 1 aliphatic heterocycles. The van der Waals surface area contributed by atoms with Gasteiger partial charge in [0.1, 0.15) is 5.60 Å². The van der Waals surface area contributed by atoms with Crippen LogP contribution in [0.5, 0.6) is 0 Å². The minimum atomic E-state index is -0.454. The summed E-state index contributed by atoms with van der Waals surface area (Å²) >= 11 is 6.36. The smallest absolute Gasteiger partial charge is 0.410 e. The maximum Gasteiger partial charge on any atom is 0.410 e. The summed E-state index contributed by atoms with van der Waals surface area (Å²) < 4.78 is 6.32. The molecule has 3 N–H and O–H groups in total. The number of nitrogens with one attached hydrogen (secondary N) is 1. The van der Waals surface area contributed by atoms with Gasteiger partial charge in [0, 0.05) is 35.1 Å². The van der Waals surface area contributed by atoms with Crippen molar-refractivity contribution in [2.45, 2.75) is 45.3 Å². The van der Waals surface area contributed by atoms with Crippen LogP contribution in [0.25, 0.3) is 0 Å². The topological polar surface area (TPSA) is 79.5 Å². The van der Waals surface area contributed by atoms with Crippen molar-refractivity contribution in [1.29, 1.82) is 0 Å². The fraction of sp³-hybridized carbons (Fsp3) is 0.750. The summed E-state index contributed by atoms with van der Waals surface area (Å²) in [5, 5.41) is 9.63. The van der Waals surface area contributed by atoms with E-state index in [1.165, 1.54) is 0 Å². The molecule has 0 spiro atoms. The van der Waals surface area contributed by atoms with Crippen LogP contribution in [0.3, 0.4) is 0 Å². The Morgan fingerprint density at radius 2 is 1.90 bits per heavy atom. The summed E-state index contributed by atoms with van der Waals surface area (Å²) in [6.07, 6.45) is 1.40. The van der Waals surface area contributed by atoms with Crippen molar-refractivity contribution in [3.8, 4) is 0 Å². The van der Waals surface area contributed by atoms with Crippen molar-refractivity contribution in [1.82, 2.24) is 10.3 Å². The molecule has 1 fully saturated rings. The summed E-state index contributed by atoms with van der Waals surface area (Å²) in [6, 6.07) is 0.230. The van der Waals surface area contributed by atoms with Gasteiger partial charge < -0.3 is 15.1 Å². The predicted molar refractivity (Wildman–Crippen MR) is 86.2 cm³/mol. The zero-order chi connectivity index (χ0) is 15.3. The third-order valence-electron chi connectivity index (χ3n) is 2.69. The molecule has 1 saturated heterocycles. The molecule has 8 heteroatoms. The fourth-order valence-corrected chi connectivity index (χ4v) is 1.91. The first-order valence-electron chi connectivity index (χ1n) is 6.44. The number of nitrogens with zero attached hydrogens (tertiary/aromatic N) is 2. The van der Waals surface area contributed by atoms with Crippen molar-refractivity contribution < 1.29 is 14.9 Å². The lowest BCUT2D eigenvalue weighted by molar-refractivity contribution is -0.104. The Morgan fingerprint density at radius 1 is 1.35 bits per heavy atom. The minimum absolute atomic E-state index is 0.230. The quantitative estimate of drug-likeness (QED) is 0.540. The molecule has 0 bridgehead atoms. The van der Waals surface area contributed by atoms with E-state index in [1.807, 2.05) is 20.8 Å². The Kier molecular flexibility index (Phi) is 6.44. The van der Waals surface area contributed by atoms with Gasteiger partial charge in [-0.3, -0.25) is 0 Å². The molecule has 0 aromatic carbocycles. The summed E-state index contributed by atoms with van der Waals surface area (Å²) in [7, 11) is 0. The van der Waals surface area contributed by atoms with Gasteiger partial charge in [0.2, 0.25) is 4.62 Å². The second-order valence-electron chi connectivity index (χ2n) is 5.62. The van der Waals surface area contributed by atoms with E-state index in [0.717, 1.165) is 12.8 Å². The van der Waals surface area contributed by atoms with Gasteiger partial charge in [-0.05, 0) is 49.5 Å². The van der Waals surface area contributed by atoms with Gasteiger partial charge in [0.15, 0.2) is 0 Å². The highest BCUT2D eigenvalue weighted by molar-refractivity contribution is 9.24. The third kappa shape index (κ3) is 6.21. The van der Waals surface area contributed by atoms with Gasteiger partial charge in [-0.1, -0.05) is 0 Å². The maximum absolute atomic E-state index is 11.9. The van der Waals surface area contributed by atoms with Gasteiger partial charge in [-0.25, -0.2) is 10.2 Å². The molecule has 0 unspecified atom stereocenters. The van der Waals surface area contributed by atoms with Crippen LogP contribution in [0.2, 0.25) is 0 Å². The van der Waals surface area contributed by atoms with E-state index >= 15 is 0 Å². The number of halogens is 2. The number of hydrogen-bond acceptors (Lipinski definition) is 4. The summed E-state index contributed by atoms with van der Waals surface area (Å²) in [4.78, 5) is 13.6. The minimum Gasteiger partial charge on any atom is -0.444 e. The van der Waals surface area contributed by atoms with Crippen LogP contribution in [0.15, 0.2) is 5.10 Å². The number of piperidine rings is 1. The maximum atomic E-state index is 11.9. The number of likely N-dealkylation sites (tertiary alicyclic amines) is 1. The standard InChI is InChI=1S/C12H20Br2N4O2/c1-12(2,3)20-11(19)18-6-4-8(5-7-18)16-17-10(14)9(13)15/h8,15-16H,4-7H2,1-3H3/p+1/b15-9?,17-10+. The molecule has 20 heavy (non-hydrogen) atoms. The molecule has 1 aliphatic rings. The van der Waals surface area contributed by atoms with Crippen molar-refractivity contribution in [2.75, 3.05) is 13.1 Å². The molecule has 114 valence electrons. The largest absolute Gasteiger partial charge is 0.444 e. The van der Waals surface area contributed by atoms with E-state index < -0.39 is 5.60 Å². The molecule has 0 saturated carbocycles. The molecule has 0 atom stereocenters. The molecule has 0 aliphatic carbocycles. The first-order valence-corrected chi connectivity index (χ1v) is 8.02. The van der Waals surface area contributed by atoms with Gasteiger partial charge >= 0.3 is 6.09 Å². The molecule has 6 nitrogen and oxygen atoms in total. The first-order chi connectivity index (χ1) is 9.19. The van der Waals surface area contributed by atoms with E-state index in [-0.39, 0.29) is 12.1 Å². The second kappa shape index (κ2) is 7.40. The normalized spacial score (nSPS) is 17.9. The summed E-state index contributed by atoms with van der Waals surface area (Å²) in [6.45, 7) is 6.92. The zero-order valence-electron chi connectivity index (χ0n) is 11.9. The highest BCUT2D eigenvalue weighted by Gasteiger charge is 2.26. The monoisotopic (exact) mass is 411 g/mol. The lowest BCUT2D eigenvalue weighted by Crippen LogP contribution is -2.46. The summed E-state index contributed by atoms with van der Waals surface area (Å²) in [5.41, 5.74) is 2.59. The lowest BCUT2D eigenvalue weighted by atomic mass is 10.1. The molecule has 1 rings (SSSR count). The number of hydrazone groups is 1. The molecule has 0 radical (unpaired) electrons. The molecule has 1 heterocycles. The SMILES string of the molecule is CC(C)(C)OC(=O)N1CCC(N/N=C(/Br)C(=[NH2+])Br)CC1. The number of nitrogens with two attached hydrogens (primary N) is 1. The molecule has 1 amide bonds. The Morgan fingerprint density at radius 3 is 2.35 bits per heavy atom. The van der Waals surface area contributed by atoms with E-state index in [0.29, 0.717) is 22.3 Å². The number of carbonyl (C=O) groups is 1. The number of hydrogen-bond donors (Lipinski definition) is 2. The average Bonchev–Trinajstić information content (AvgIpc) is 2.34. The van der Waals surface area contributed by atoms with Crippen LogP contribution in [-0.4, -0.2) is 45.0 Å². The van der Waals surface area contributed by atoms with E-state index in [4.69, 9.17) is 10.1 Å². The number of rotatable bonds is 3. The van der Waals surface area contributed by atoms with Gasteiger partial charge in [0.25, 0.3) is 4.62 Å².